The number of nitrogens with one attached hydrogen (secondary N) is 1. The van der Waals surface area contributed by atoms with E-state index in [1.54, 1.807) is 13.0 Å². The monoisotopic (exact) mass is 375 g/mol. The number of rotatable bonds is 3. The molecule has 2 rings (SSSR count). The van der Waals surface area contributed by atoms with Crippen molar-refractivity contribution in [3.8, 4) is 0 Å². The van der Waals surface area contributed by atoms with E-state index in [1.807, 2.05) is 0 Å². The normalized spacial score (nSPS) is 11.3. The maximum absolute atomic E-state index is 12.3. The van der Waals surface area contributed by atoms with E-state index in [9.17, 15) is 8.42 Å². The van der Waals surface area contributed by atoms with Crippen LogP contribution in [0.5, 0.6) is 0 Å². The summed E-state index contributed by atoms with van der Waals surface area (Å²) in [6.45, 7) is 1.80. The summed E-state index contributed by atoms with van der Waals surface area (Å²) in [4.78, 5) is 3.92. The summed E-state index contributed by atoms with van der Waals surface area (Å²) in [5, 5.41) is 0.0665. The topological polar surface area (TPSA) is 85.1 Å². The highest BCUT2D eigenvalue weighted by Crippen LogP contribution is 2.26. The molecule has 1 aromatic carbocycles. The lowest BCUT2D eigenvalue weighted by molar-refractivity contribution is 0.601. The van der Waals surface area contributed by atoms with Crippen LogP contribution in [0.1, 0.15) is 5.56 Å². The zero-order valence-electron chi connectivity index (χ0n) is 10.4. The lowest BCUT2D eigenvalue weighted by Gasteiger charge is -2.10. The second kappa shape index (κ2) is 5.59. The molecule has 0 bridgehead atoms. The van der Waals surface area contributed by atoms with Gasteiger partial charge in [0.2, 0.25) is 0 Å². The minimum absolute atomic E-state index is 0.0663. The van der Waals surface area contributed by atoms with Crippen molar-refractivity contribution in [2.24, 2.45) is 0 Å². The molecule has 0 aliphatic heterocycles. The zero-order chi connectivity index (χ0) is 14.9. The van der Waals surface area contributed by atoms with E-state index in [4.69, 9.17) is 17.3 Å². The second-order valence-corrected chi connectivity index (χ2v) is 7.07. The number of pyridine rings is 1. The number of anilines is 2. The van der Waals surface area contributed by atoms with Crippen LogP contribution in [0.2, 0.25) is 5.15 Å². The van der Waals surface area contributed by atoms with E-state index in [-0.39, 0.29) is 15.7 Å². The SMILES string of the molecule is Cc1ccc(S(=O)(=O)Nc2cc(Br)cnc2Cl)cc1N. The van der Waals surface area contributed by atoms with Gasteiger partial charge in [-0.3, -0.25) is 4.72 Å². The Morgan fingerprint density at radius 3 is 2.70 bits per heavy atom. The number of sulfonamides is 1. The predicted octanol–water partition coefficient (Wildman–Crippen LogP) is 3.19. The molecule has 0 amide bonds. The quantitative estimate of drug-likeness (QED) is 0.636. The van der Waals surface area contributed by atoms with Crippen molar-refractivity contribution in [3.05, 3.63) is 45.7 Å². The van der Waals surface area contributed by atoms with Gasteiger partial charge in [0.25, 0.3) is 10.0 Å². The third kappa shape index (κ3) is 3.23. The first-order valence-electron chi connectivity index (χ1n) is 5.49. The molecule has 5 nitrogen and oxygen atoms in total. The first-order chi connectivity index (χ1) is 9.29. The van der Waals surface area contributed by atoms with Gasteiger partial charge in [0.05, 0.1) is 10.6 Å². The van der Waals surface area contributed by atoms with Crippen LogP contribution in [-0.2, 0) is 10.0 Å². The Balaban J connectivity index is 2.40. The van der Waals surface area contributed by atoms with Crippen LogP contribution in [0.4, 0.5) is 11.4 Å². The van der Waals surface area contributed by atoms with Gasteiger partial charge in [0.1, 0.15) is 0 Å². The van der Waals surface area contributed by atoms with E-state index >= 15 is 0 Å². The highest BCUT2D eigenvalue weighted by atomic mass is 79.9. The van der Waals surface area contributed by atoms with Crippen LogP contribution in [0.25, 0.3) is 0 Å². The molecule has 0 aliphatic carbocycles. The average Bonchev–Trinajstić information content (AvgIpc) is 2.36. The maximum Gasteiger partial charge on any atom is 0.262 e. The number of aryl methyl sites for hydroxylation is 1. The first-order valence-corrected chi connectivity index (χ1v) is 8.15. The highest BCUT2D eigenvalue weighted by molar-refractivity contribution is 9.10. The molecule has 3 N–H and O–H groups in total. The molecule has 0 aliphatic rings. The van der Waals surface area contributed by atoms with Gasteiger partial charge in [0.15, 0.2) is 5.15 Å². The third-order valence-corrected chi connectivity index (χ3v) is 4.71. The van der Waals surface area contributed by atoms with Crippen LogP contribution < -0.4 is 10.5 Å². The lowest BCUT2D eigenvalue weighted by atomic mass is 10.2. The molecule has 0 saturated carbocycles. The molecule has 1 aromatic heterocycles. The number of nitrogen functional groups attached to an aromatic ring is 1. The molecule has 0 atom stereocenters. The number of hydrogen-bond donors (Lipinski definition) is 2. The molecule has 1 heterocycles. The summed E-state index contributed by atoms with van der Waals surface area (Å²) in [6.07, 6.45) is 1.48. The summed E-state index contributed by atoms with van der Waals surface area (Å²) >= 11 is 9.07. The minimum atomic E-state index is -3.77. The standard InChI is InChI=1S/C12H11BrClN3O2S/c1-7-2-3-9(5-10(7)15)20(18,19)17-11-4-8(13)6-16-12(11)14/h2-6,17H,15H2,1H3. The zero-order valence-corrected chi connectivity index (χ0v) is 13.6. The van der Waals surface area contributed by atoms with Crippen molar-refractivity contribution in [2.45, 2.75) is 11.8 Å². The van der Waals surface area contributed by atoms with Crippen molar-refractivity contribution < 1.29 is 8.42 Å². The Bertz CT molecular complexity index is 765. The number of nitrogens with two attached hydrogens (primary N) is 1. The third-order valence-electron chi connectivity index (χ3n) is 2.61. The highest BCUT2D eigenvalue weighted by Gasteiger charge is 2.17. The van der Waals surface area contributed by atoms with E-state index in [0.717, 1.165) is 5.56 Å². The molecule has 8 heteroatoms. The molecule has 0 unspecified atom stereocenters. The summed E-state index contributed by atoms with van der Waals surface area (Å²) in [5.74, 6) is 0. The van der Waals surface area contributed by atoms with Crippen LogP contribution in [0.3, 0.4) is 0 Å². The van der Waals surface area contributed by atoms with E-state index in [2.05, 4.69) is 25.6 Å². The first kappa shape index (κ1) is 15.1. The van der Waals surface area contributed by atoms with Gasteiger partial charge in [-0.05, 0) is 46.6 Å². The largest absolute Gasteiger partial charge is 0.398 e. The van der Waals surface area contributed by atoms with Crippen LogP contribution in [0, 0.1) is 6.92 Å². The molecule has 2 aromatic rings. The van der Waals surface area contributed by atoms with Gasteiger partial charge >= 0.3 is 0 Å². The number of aromatic nitrogens is 1. The summed E-state index contributed by atoms with van der Waals surface area (Å²) in [5.41, 5.74) is 7.14. The molecule has 0 spiro atoms. The molecular weight excluding hydrogens is 366 g/mol. The number of benzene rings is 1. The number of hydrogen-bond acceptors (Lipinski definition) is 4. The number of halogens is 2. The molecule has 0 radical (unpaired) electrons. The minimum Gasteiger partial charge on any atom is -0.398 e. The van der Waals surface area contributed by atoms with Crippen molar-refractivity contribution in [2.75, 3.05) is 10.5 Å². The molecule has 106 valence electrons. The fraction of sp³-hybridized carbons (Fsp3) is 0.0833. The van der Waals surface area contributed by atoms with E-state index in [0.29, 0.717) is 10.2 Å². The Labute approximate surface area is 130 Å². The van der Waals surface area contributed by atoms with Gasteiger partial charge in [-0.1, -0.05) is 17.7 Å². The Hall–Kier alpha value is -1.31. The van der Waals surface area contributed by atoms with Gasteiger partial charge in [-0.25, -0.2) is 13.4 Å². The Morgan fingerprint density at radius 1 is 1.35 bits per heavy atom. The summed E-state index contributed by atoms with van der Waals surface area (Å²) in [6, 6.07) is 6.05. The smallest absolute Gasteiger partial charge is 0.262 e. The molecule has 20 heavy (non-hydrogen) atoms. The Morgan fingerprint density at radius 2 is 2.05 bits per heavy atom. The van der Waals surface area contributed by atoms with Gasteiger partial charge < -0.3 is 5.73 Å². The number of nitrogens with zero attached hydrogens (tertiary/aromatic N) is 1. The lowest BCUT2D eigenvalue weighted by Crippen LogP contribution is -2.14. The summed E-state index contributed by atoms with van der Waals surface area (Å²) in [7, 11) is -3.77. The van der Waals surface area contributed by atoms with Crippen LogP contribution in [-0.4, -0.2) is 13.4 Å². The van der Waals surface area contributed by atoms with E-state index < -0.39 is 10.0 Å². The fourth-order valence-corrected chi connectivity index (χ4v) is 3.11. The predicted molar refractivity (Wildman–Crippen MR) is 83.3 cm³/mol. The van der Waals surface area contributed by atoms with Gasteiger partial charge in [0, 0.05) is 16.4 Å². The van der Waals surface area contributed by atoms with Crippen molar-refractivity contribution in [1.82, 2.24) is 4.98 Å². The van der Waals surface area contributed by atoms with Crippen molar-refractivity contribution in [1.29, 1.82) is 0 Å². The van der Waals surface area contributed by atoms with Crippen molar-refractivity contribution >= 4 is 48.9 Å². The molecule has 0 fully saturated rings. The Kier molecular flexibility index (Phi) is 4.22. The molecule has 0 saturated heterocycles. The second-order valence-electron chi connectivity index (χ2n) is 4.12. The maximum atomic E-state index is 12.3. The molecular formula is C12H11BrClN3O2S. The summed E-state index contributed by atoms with van der Waals surface area (Å²) < 4.78 is 27.5. The van der Waals surface area contributed by atoms with Crippen LogP contribution in [0.15, 0.2) is 39.8 Å². The fourth-order valence-electron chi connectivity index (χ4n) is 1.48. The van der Waals surface area contributed by atoms with E-state index in [1.165, 1.54) is 24.4 Å². The van der Waals surface area contributed by atoms with Crippen LogP contribution >= 0.6 is 27.5 Å². The van der Waals surface area contributed by atoms with Gasteiger partial charge in [-0.15, -0.1) is 0 Å². The average molecular weight is 377 g/mol. The van der Waals surface area contributed by atoms with Gasteiger partial charge in [-0.2, -0.15) is 0 Å². The van der Waals surface area contributed by atoms with Crippen molar-refractivity contribution in [3.63, 3.8) is 0 Å².